The zero-order valence-electron chi connectivity index (χ0n) is 7.46. The van der Waals surface area contributed by atoms with Crippen molar-refractivity contribution in [1.82, 2.24) is 0 Å². The average molecular weight is 213 g/mol. The van der Waals surface area contributed by atoms with Gasteiger partial charge in [0.15, 0.2) is 6.29 Å². The van der Waals surface area contributed by atoms with Gasteiger partial charge in [0.2, 0.25) is 0 Å². The molecule has 1 aliphatic heterocycles. The van der Waals surface area contributed by atoms with E-state index in [0.29, 0.717) is 18.0 Å². The third-order valence-electron chi connectivity index (χ3n) is 2.35. The molecule has 5 heteroatoms. The van der Waals surface area contributed by atoms with Crippen molar-refractivity contribution in [2.45, 2.75) is 12.2 Å². The number of aldehydes is 1. The van der Waals surface area contributed by atoms with Crippen molar-refractivity contribution < 1.29 is 15.0 Å². The highest BCUT2D eigenvalue weighted by Gasteiger charge is 2.29. The molecular formula is C9H11NO3S. The van der Waals surface area contributed by atoms with Crippen molar-refractivity contribution in [3.63, 3.8) is 0 Å². The molecule has 1 aromatic rings. The van der Waals surface area contributed by atoms with E-state index in [4.69, 9.17) is 0 Å². The lowest BCUT2D eigenvalue weighted by molar-refractivity contribution is 0.0572. The maximum absolute atomic E-state index is 10.5. The Morgan fingerprint density at radius 1 is 1.43 bits per heavy atom. The lowest BCUT2D eigenvalue weighted by Gasteiger charge is -2.14. The van der Waals surface area contributed by atoms with Crippen molar-refractivity contribution >= 4 is 23.3 Å². The fourth-order valence-corrected chi connectivity index (χ4v) is 2.27. The van der Waals surface area contributed by atoms with Crippen LogP contribution >= 0.6 is 11.3 Å². The molecule has 0 spiro atoms. The van der Waals surface area contributed by atoms with Crippen LogP contribution in [0.25, 0.3) is 0 Å². The summed E-state index contributed by atoms with van der Waals surface area (Å²) in [7, 11) is 0. The molecule has 2 heterocycles. The van der Waals surface area contributed by atoms with Crippen LogP contribution in [0.3, 0.4) is 0 Å². The first kappa shape index (κ1) is 9.64. The van der Waals surface area contributed by atoms with Gasteiger partial charge in [-0.1, -0.05) is 0 Å². The highest BCUT2D eigenvalue weighted by molar-refractivity contribution is 7.12. The first-order chi connectivity index (χ1) is 6.70. The molecule has 2 atom stereocenters. The Morgan fingerprint density at radius 3 is 2.57 bits per heavy atom. The SMILES string of the molecule is O=Cc1cc(N2C[C@@H](O)[C@@H](O)C2)cs1. The average Bonchev–Trinajstić information content (AvgIpc) is 2.74. The molecule has 0 amide bonds. The second kappa shape index (κ2) is 3.68. The van der Waals surface area contributed by atoms with E-state index >= 15 is 0 Å². The molecule has 4 nitrogen and oxygen atoms in total. The number of hydrogen-bond donors (Lipinski definition) is 2. The number of β-amino-alcohol motifs (C(OH)–C–C–N with tert-alkyl or cyclic N) is 2. The third kappa shape index (κ3) is 1.66. The molecule has 0 radical (unpaired) electrons. The number of aliphatic hydroxyl groups excluding tert-OH is 2. The van der Waals surface area contributed by atoms with Gasteiger partial charge in [-0.15, -0.1) is 11.3 Å². The number of hydrogen-bond acceptors (Lipinski definition) is 5. The van der Waals surface area contributed by atoms with Gasteiger partial charge in [-0.3, -0.25) is 4.79 Å². The predicted octanol–water partition coefficient (Wildman–Crippen LogP) is 0.102. The number of carbonyl (C=O) groups excluding carboxylic acids is 1. The summed E-state index contributed by atoms with van der Waals surface area (Å²) in [4.78, 5) is 13.0. The second-order valence-electron chi connectivity index (χ2n) is 3.36. The third-order valence-corrected chi connectivity index (χ3v) is 3.19. The summed E-state index contributed by atoms with van der Waals surface area (Å²) < 4.78 is 0. The smallest absolute Gasteiger partial charge is 0.160 e. The van der Waals surface area contributed by atoms with Gasteiger partial charge < -0.3 is 15.1 Å². The first-order valence-corrected chi connectivity index (χ1v) is 5.23. The summed E-state index contributed by atoms with van der Waals surface area (Å²) in [6.07, 6.45) is -0.568. The van der Waals surface area contributed by atoms with Gasteiger partial charge in [-0.25, -0.2) is 0 Å². The molecule has 1 saturated heterocycles. The second-order valence-corrected chi connectivity index (χ2v) is 4.31. The fourth-order valence-electron chi connectivity index (χ4n) is 1.55. The van der Waals surface area contributed by atoms with E-state index in [1.807, 2.05) is 10.3 Å². The molecule has 2 rings (SSSR count). The Bertz CT molecular complexity index is 329. The summed E-state index contributed by atoms with van der Waals surface area (Å²) in [5.74, 6) is 0. The fraction of sp³-hybridized carbons (Fsp3) is 0.444. The highest BCUT2D eigenvalue weighted by atomic mass is 32.1. The van der Waals surface area contributed by atoms with Gasteiger partial charge in [0.25, 0.3) is 0 Å². The van der Waals surface area contributed by atoms with Crippen molar-refractivity contribution in [3.8, 4) is 0 Å². The number of carbonyl (C=O) groups is 1. The van der Waals surface area contributed by atoms with Crippen LogP contribution in [-0.2, 0) is 0 Å². The lowest BCUT2D eigenvalue weighted by Crippen LogP contribution is -2.22. The van der Waals surface area contributed by atoms with Crippen LogP contribution in [-0.4, -0.2) is 41.8 Å². The summed E-state index contributed by atoms with van der Waals surface area (Å²) in [6, 6.07) is 1.77. The maximum atomic E-state index is 10.5. The maximum Gasteiger partial charge on any atom is 0.160 e. The molecule has 1 aromatic heterocycles. The topological polar surface area (TPSA) is 60.8 Å². The van der Waals surface area contributed by atoms with Gasteiger partial charge in [0.1, 0.15) is 0 Å². The lowest BCUT2D eigenvalue weighted by atomic mass is 10.3. The summed E-state index contributed by atoms with van der Waals surface area (Å²) >= 11 is 1.37. The molecule has 0 aromatic carbocycles. The van der Waals surface area contributed by atoms with Gasteiger partial charge in [0, 0.05) is 24.2 Å². The van der Waals surface area contributed by atoms with Gasteiger partial charge >= 0.3 is 0 Å². The Labute approximate surface area is 85.4 Å². The minimum Gasteiger partial charge on any atom is -0.389 e. The molecule has 0 aliphatic carbocycles. The zero-order chi connectivity index (χ0) is 10.1. The Morgan fingerprint density at radius 2 is 2.07 bits per heavy atom. The monoisotopic (exact) mass is 213 g/mol. The molecule has 0 saturated carbocycles. The van der Waals surface area contributed by atoms with Gasteiger partial charge in [-0.2, -0.15) is 0 Å². The van der Waals surface area contributed by atoms with Crippen LogP contribution in [0, 0.1) is 0 Å². The Kier molecular flexibility index (Phi) is 2.54. The Hall–Kier alpha value is -0.910. The standard InChI is InChI=1S/C9H11NO3S/c11-4-7-1-6(5-14-7)10-2-8(12)9(13)3-10/h1,4-5,8-9,12-13H,2-3H2/t8-,9+. The van der Waals surface area contributed by atoms with Crippen LogP contribution in [0.2, 0.25) is 0 Å². The molecule has 2 N–H and O–H groups in total. The van der Waals surface area contributed by atoms with Crippen LogP contribution < -0.4 is 4.90 Å². The molecular weight excluding hydrogens is 202 g/mol. The molecule has 1 aliphatic rings. The summed E-state index contributed by atoms with van der Waals surface area (Å²) in [5, 5.41) is 20.5. The molecule has 0 unspecified atom stereocenters. The van der Waals surface area contributed by atoms with Crippen LogP contribution in [0.1, 0.15) is 9.67 Å². The van der Waals surface area contributed by atoms with Crippen LogP contribution in [0.5, 0.6) is 0 Å². The first-order valence-electron chi connectivity index (χ1n) is 4.35. The van der Waals surface area contributed by atoms with Crippen LogP contribution in [0.15, 0.2) is 11.4 Å². The van der Waals surface area contributed by atoms with E-state index in [1.165, 1.54) is 11.3 Å². The van der Waals surface area contributed by atoms with Crippen molar-refractivity contribution in [2.75, 3.05) is 18.0 Å². The van der Waals surface area contributed by atoms with Gasteiger partial charge in [0.05, 0.1) is 17.1 Å². The number of anilines is 1. The number of aliphatic hydroxyl groups is 2. The predicted molar refractivity (Wildman–Crippen MR) is 53.9 cm³/mol. The van der Waals surface area contributed by atoms with E-state index < -0.39 is 12.2 Å². The quantitative estimate of drug-likeness (QED) is 0.684. The summed E-state index contributed by atoms with van der Waals surface area (Å²) in [5.41, 5.74) is 0.896. The molecule has 1 fully saturated rings. The number of nitrogens with zero attached hydrogens (tertiary/aromatic N) is 1. The zero-order valence-corrected chi connectivity index (χ0v) is 8.28. The van der Waals surface area contributed by atoms with E-state index in [9.17, 15) is 15.0 Å². The van der Waals surface area contributed by atoms with E-state index in [-0.39, 0.29) is 0 Å². The Balaban J connectivity index is 2.12. The van der Waals surface area contributed by atoms with Crippen molar-refractivity contribution in [1.29, 1.82) is 0 Å². The van der Waals surface area contributed by atoms with E-state index in [0.717, 1.165) is 12.0 Å². The normalized spacial score (nSPS) is 26.9. The van der Waals surface area contributed by atoms with Crippen LogP contribution in [0.4, 0.5) is 5.69 Å². The number of thiophene rings is 1. The van der Waals surface area contributed by atoms with E-state index in [1.54, 1.807) is 6.07 Å². The highest BCUT2D eigenvalue weighted by Crippen LogP contribution is 2.25. The van der Waals surface area contributed by atoms with Gasteiger partial charge in [-0.05, 0) is 6.07 Å². The largest absolute Gasteiger partial charge is 0.389 e. The number of rotatable bonds is 2. The summed E-state index contributed by atoms with van der Waals surface area (Å²) in [6.45, 7) is 0.854. The van der Waals surface area contributed by atoms with Crippen molar-refractivity contribution in [2.24, 2.45) is 0 Å². The molecule has 76 valence electrons. The van der Waals surface area contributed by atoms with E-state index in [2.05, 4.69) is 0 Å². The molecule has 14 heavy (non-hydrogen) atoms. The minimum atomic E-state index is -0.686. The molecule has 0 bridgehead atoms. The van der Waals surface area contributed by atoms with Crippen molar-refractivity contribution in [3.05, 3.63) is 16.3 Å². The minimum absolute atomic E-state index is 0.427.